The molecule has 6 nitrogen and oxygen atoms in total. The minimum atomic E-state index is -0.441. The molecule has 2 N–H and O–H groups in total. The van der Waals surface area contributed by atoms with Crippen molar-refractivity contribution in [2.75, 3.05) is 25.0 Å². The first-order valence-corrected chi connectivity index (χ1v) is 8.38. The third kappa shape index (κ3) is 5.79. The van der Waals surface area contributed by atoms with Crippen LogP contribution in [0.2, 0.25) is 0 Å². The molecule has 1 fully saturated rings. The minimum absolute atomic E-state index is 0.0611. The lowest BCUT2D eigenvalue weighted by molar-refractivity contribution is -0.117. The summed E-state index contributed by atoms with van der Waals surface area (Å²) in [6.45, 7) is 6.05. The lowest BCUT2D eigenvalue weighted by Gasteiger charge is -2.32. The van der Waals surface area contributed by atoms with Crippen LogP contribution in [0, 0.1) is 17.7 Å². The maximum Gasteiger partial charge on any atom is 0.317 e. The number of piperidine rings is 1. The van der Waals surface area contributed by atoms with E-state index in [2.05, 4.69) is 15.6 Å². The number of halogens is 1. The Morgan fingerprint density at radius 1 is 1.42 bits per heavy atom. The largest absolute Gasteiger partial charge is 0.338 e. The fourth-order valence-electron chi connectivity index (χ4n) is 2.73. The maximum absolute atomic E-state index is 12.8. The van der Waals surface area contributed by atoms with E-state index in [9.17, 15) is 14.0 Å². The summed E-state index contributed by atoms with van der Waals surface area (Å²) in [5.74, 6) is 0.267. The van der Waals surface area contributed by atoms with Gasteiger partial charge in [0.1, 0.15) is 11.6 Å². The molecule has 1 atom stereocenters. The molecule has 2 heterocycles. The number of aromatic nitrogens is 1. The highest BCUT2D eigenvalue weighted by Gasteiger charge is 2.25. The number of nitrogens with one attached hydrogen (secondary N) is 2. The molecular formula is C17H25FN4O2. The Hall–Kier alpha value is -2.18. The second-order valence-corrected chi connectivity index (χ2v) is 6.65. The smallest absolute Gasteiger partial charge is 0.317 e. The Morgan fingerprint density at radius 2 is 2.21 bits per heavy atom. The Morgan fingerprint density at radius 3 is 2.88 bits per heavy atom. The molecule has 0 bridgehead atoms. The number of carbonyl (C=O) groups excluding carboxylic acids is 2. The molecule has 2 rings (SSSR count). The number of rotatable bonds is 5. The van der Waals surface area contributed by atoms with Gasteiger partial charge in [-0.1, -0.05) is 13.8 Å². The number of hydrogen-bond acceptors (Lipinski definition) is 3. The van der Waals surface area contributed by atoms with Crippen molar-refractivity contribution >= 4 is 17.8 Å². The van der Waals surface area contributed by atoms with Gasteiger partial charge >= 0.3 is 6.03 Å². The summed E-state index contributed by atoms with van der Waals surface area (Å²) in [4.78, 5) is 29.8. The predicted molar refractivity (Wildman–Crippen MR) is 90.0 cm³/mol. The van der Waals surface area contributed by atoms with E-state index in [0.29, 0.717) is 31.2 Å². The highest BCUT2D eigenvalue weighted by atomic mass is 19.1. The average molecular weight is 336 g/mol. The molecule has 132 valence electrons. The molecule has 0 spiro atoms. The van der Waals surface area contributed by atoms with Gasteiger partial charge in [-0.2, -0.15) is 0 Å². The molecule has 3 amide bonds. The summed E-state index contributed by atoms with van der Waals surface area (Å²) >= 11 is 0. The van der Waals surface area contributed by atoms with Crippen molar-refractivity contribution in [2.24, 2.45) is 11.8 Å². The van der Waals surface area contributed by atoms with Gasteiger partial charge in [0.15, 0.2) is 0 Å². The first-order chi connectivity index (χ1) is 11.4. The number of hydrogen-bond donors (Lipinski definition) is 2. The molecule has 0 radical (unpaired) electrons. The summed E-state index contributed by atoms with van der Waals surface area (Å²) in [5.41, 5.74) is 0. The van der Waals surface area contributed by atoms with Crippen molar-refractivity contribution in [1.29, 1.82) is 0 Å². The van der Waals surface area contributed by atoms with Crippen LogP contribution in [0.15, 0.2) is 18.3 Å². The fourth-order valence-corrected chi connectivity index (χ4v) is 2.73. The monoisotopic (exact) mass is 336 g/mol. The van der Waals surface area contributed by atoms with E-state index in [1.54, 1.807) is 4.90 Å². The third-order valence-corrected chi connectivity index (χ3v) is 3.94. The van der Waals surface area contributed by atoms with Crippen molar-refractivity contribution < 1.29 is 14.0 Å². The van der Waals surface area contributed by atoms with E-state index in [1.165, 1.54) is 12.1 Å². The molecule has 1 saturated heterocycles. The highest BCUT2D eigenvalue weighted by Crippen LogP contribution is 2.20. The number of amides is 3. The highest BCUT2D eigenvalue weighted by molar-refractivity contribution is 5.89. The SMILES string of the molecule is CC(C)CNC(=O)N1CCC[C@H](CC(=O)Nc2ccc(F)cn2)C1. The van der Waals surface area contributed by atoms with Crippen LogP contribution in [-0.4, -0.2) is 41.5 Å². The van der Waals surface area contributed by atoms with Crippen LogP contribution in [-0.2, 0) is 4.79 Å². The Bertz CT molecular complexity index is 562. The van der Waals surface area contributed by atoms with Crippen molar-refractivity contribution in [1.82, 2.24) is 15.2 Å². The molecule has 7 heteroatoms. The number of pyridine rings is 1. The molecule has 1 aliphatic rings. The van der Waals surface area contributed by atoms with Crippen LogP contribution in [0.3, 0.4) is 0 Å². The van der Waals surface area contributed by atoms with Crippen molar-refractivity contribution in [3.63, 3.8) is 0 Å². The summed E-state index contributed by atoms with van der Waals surface area (Å²) < 4.78 is 12.8. The number of nitrogens with zero attached hydrogens (tertiary/aromatic N) is 2. The Labute approximate surface area is 141 Å². The summed E-state index contributed by atoms with van der Waals surface area (Å²) in [6.07, 6.45) is 3.20. The minimum Gasteiger partial charge on any atom is -0.338 e. The number of anilines is 1. The summed E-state index contributed by atoms with van der Waals surface area (Å²) in [5, 5.41) is 5.58. The van der Waals surface area contributed by atoms with Crippen LogP contribution in [0.1, 0.15) is 33.1 Å². The van der Waals surface area contributed by atoms with Gasteiger partial charge in [0.05, 0.1) is 6.20 Å². The molecule has 0 aromatic carbocycles. The van der Waals surface area contributed by atoms with Gasteiger partial charge in [-0.05, 0) is 36.8 Å². The van der Waals surface area contributed by atoms with E-state index in [4.69, 9.17) is 0 Å². The van der Waals surface area contributed by atoms with Gasteiger partial charge in [0.25, 0.3) is 0 Å². The lowest BCUT2D eigenvalue weighted by atomic mass is 9.94. The van der Waals surface area contributed by atoms with Crippen LogP contribution < -0.4 is 10.6 Å². The van der Waals surface area contributed by atoms with Crippen molar-refractivity contribution in [3.8, 4) is 0 Å². The van der Waals surface area contributed by atoms with Gasteiger partial charge in [-0.15, -0.1) is 0 Å². The Balaban J connectivity index is 1.80. The standard InChI is InChI=1S/C17H25FN4O2/c1-12(2)9-20-17(24)22-7-3-4-13(11-22)8-16(23)21-15-6-5-14(18)10-19-15/h5-6,10,12-13H,3-4,7-9,11H2,1-2H3,(H,20,24)(H,19,21,23)/t13-/m1/s1. The zero-order valence-electron chi connectivity index (χ0n) is 14.2. The number of carbonyl (C=O) groups is 2. The Kier molecular flexibility index (Phi) is 6.52. The second kappa shape index (κ2) is 8.61. The zero-order valence-corrected chi connectivity index (χ0v) is 14.2. The maximum atomic E-state index is 12.8. The van der Waals surface area contributed by atoms with Crippen LogP contribution in [0.25, 0.3) is 0 Å². The second-order valence-electron chi connectivity index (χ2n) is 6.65. The van der Waals surface area contributed by atoms with Gasteiger partial charge in [-0.25, -0.2) is 14.2 Å². The van der Waals surface area contributed by atoms with Crippen LogP contribution in [0.5, 0.6) is 0 Å². The van der Waals surface area contributed by atoms with Gasteiger partial charge < -0.3 is 15.5 Å². The van der Waals surface area contributed by atoms with Crippen molar-refractivity contribution in [2.45, 2.75) is 33.1 Å². The first kappa shape index (κ1) is 18.2. The molecule has 1 aromatic rings. The van der Waals surface area contributed by atoms with E-state index in [1.807, 2.05) is 13.8 Å². The van der Waals surface area contributed by atoms with E-state index >= 15 is 0 Å². The molecule has 24 heavy (non-hydrogen) atoms. The predicted octanol–water partition coefficient (Wildman–Crippen LogP) is 2.63. The average Bonchev–Trinajstić information content (AvgIpc) is 2.55. The normalized spacial score (nSPS) is 17.7. The fraction of sp³-hybridized carbons (Fsp3) is 0.588. The lowest BCUT2D eigenvalue weighted by Crippen LogP contribution is -2.46. The molecular weight excluding hydrogens is 311 g/mol. The van der Waals surface area contributed by atoms with Gasteiger partial charge in [-0.3, -0.25) is 4.79 Å². The van der Waals surface area contributed by atoms with E-state index in [-0.39, 0.29) is 17.9 Å². The van der Waals surface area contributed by atoms with E-state index < -0.39 is 5.82 Å². The van der Waals surface area contributed by atoms with Crippen LogP contribution >= 0.6 is 0 Å². The third-order valence-electron chi connectivity index (χ3n) is 3.94. The summed E-state index contributed by atoms with van der Waals surface area (Å²) in [7, 11) is 0. The topological polar surface area (TPSA) is 74.3 Å². The molecule has 0 aliphatic carbocycles. The molecule has 1 aromatic heterocycles. The van der Waals surface area contributed by atoms with Crippen molar-refractivity contribution in [3.05, 3.63) is 24.1 Å². The van der Waals surface area contributed by atoms with Gasteiger partial charge in [0, 0.05) is 26.1 Å². The molecule has 0 unspecified atom stereocenters. The van der Waals surface area contributed by atoms with Crippen LogP contribution in [0.4, 0.5) is 15.0 Å². The quantitative estimate of drug-likeness (QED) is 0.868. The number of likely N-dealkylation sites (tertiary alicyclic amines) is 1. The van der Waals surface area contributed by atoms with Gasteiger partial charge in [0.2, 0.25) is 5.91 Å². The molecule has 1 aliphatic heterocycles. The summed E-state index contributed by atoms with van der Waals surface area (Å²) in [6, 6.07) is 2.62. The first-order valence-electron chi connectivity index (χ1n) is 8.38. The van der Waals surface area contributed by atoms with E-state index in [0.717, 1.165) is 25.6 Å². The zero-order chi connectivity index (χ0) is 17.5. The number of urea groups is 1. The molecule has 0 saturated carbocycles.